The summed E-state index contributed by atoms with van der Waals surface area (Å²) in [6, 6.07) is 2.66. The number of methoxy groups -OCH3 is 1. The Bertz CT molecular complexity index is 264. The number of ether oxygens (including phenoxy) is 1. The molecule has 1 atom stereocenters. The Morgan fingerprint density at radius 3 is 3.00 bits per heavy atom. The van der Waals surface area contributed by atoms with Gasteiger partial charge in [-0.2, -0.15) is 0 Å². The van der Waals surface area contributed by atoms with Crippen LogP contribution in [0.5, 0.6) is 0 Å². The maximum absolute atomic E-state index is 5.02. The van der Waals surface area contributed by atoms with Crippen LogP contribution in [0, 0.1) is 0 Å². The van der Waals surface area contributed by atoms with Crippen LogP contribution in [-0.4, -0.2) is 19.8 Å². The topological polar surface area (TPSA) is 21.3 Å². The van der Waals surface area contributed by atoms with Crippen LogP contribution < -0.4 is 5.32 Å². The van der Waals surface area contributed by atoms with Crippen molar-refractivity contribution in [1.29, 1.82) is 0 Å². The Balaban J connectivity index is 2.20. The van der Waals surface area contributed by atoms with E-state index in [2.05, 4.69) is 39.6 Å². The average molecular weight is 278 g/mol. The molecule has 14 heavy (non-hydrogen) atoms. The third kappa shape index (κ3) is 4.55. The number of halogens is 1. The van der Waals surface area contributed by atoms with E-state index >= 15 is 0 Å². The van der Waals surface area contributed by atoms with E-state index in [1.807, 2.05) is 0 Å². The first kappa shape index (κ1) is 12.2. The minimum absolute atomic E-state index is 0.510. The fraction of sp³-hybridized carbons (Fsp3) is 0.600. The summed E-state index contributed by atoms with van der Waals surface area (Å²) in [5.41, 5.74) is 0. The molecule has 1 aromatic heterocycles. The maximum Gasteiger partial charge on any atom is 0.0476 e. The van der Waals surface area contributed by atoms with E-state index in [0.29, 0.717) is 6.04 Å². The van der Waals surface area contributed by atoms with E-state index in [4.69, 9.17) is 4.74 Å². The molecule has 0 aromatic carbocycles. The molecule has 1 heterocycles. The number of thiophene rings is 1. The molecule has 0 aliphatic rings. The average Bonchev–Trinajstić information content (AvgIpc) is 2.58. The molecule has 4 heteroatoms. The second-order valence-electron chi connectivity index (χ2n) is 3.29. The fourth-order valence-electron chi connectivity index (χ4n) is 1.12. The summed E-state index contributed by atoms with van der Waals surface area (Å²) in [7, 11) is 1.74. The van der Waals surface area contributed by atoms with Crippen LogP contribution in [-0.2, 0) is 11.3 Å². The van der Waals surface area contributed by atoms with E-state index in [9.17, 15) is 0 Å². The van der Waals surface area contributed by atoms with Crippen LogP contribution in [0.25, 0.3) is 0 Å². The molecule has 1 N–H and O–H groups in total. The summed E-state index contributed by atoms with van der Waals surface area (Å²) < 4.78 is 6.19. The van der Waals surface area contributed by atoms with E-state index < -0.39 is 0 Å². The summed E-state index contributed by atoms with van der Waals surface area (Å²) in [5.74, 6) is 0. The zero-order valence-electron chi connectivity index (χ0n) is 8.55. The largest absolute Gasteiger partial charge is 0.385 e. The molecule has 0 radical (unpaired) electrons. The lowest BCUT2D eigenvalue weighted by molar-refractivity contribution is 0.185. The lowest BCUT2D eigenvalue weighted by Gasteiger charge is -2.11. The Morgan fingerprint density at radius 2 is 2.43 bits per heavy atom. The molecule has 0 saturated carbocycles. The Hall–Kier alpha value is 0.1000. The first-order valence-electron chi connectivity index (χ1n) is 4.67. The molecular weight excluding hydrogens is 262 g/mol. The van der Waals surface area contributed by atoms with Crippen molar-refractivity contribution < 1.29 is 4.74 Å². The van der Waals surface area contributed by atoms with Crippen LogP contribution >= 0.6 is 27.3 Å². The van der Waals surface area contributed by atoms with Crippen LogP contribution in [0.4, 0.5) is 0 Å². The Labute approximate surface area is 97.8 Å². The SMILES string of the molecule is COCCC(C)NCc1cc(Br)cs1. The van der Waals surface area contributed by atoms with E-state index in [0.717, 1.165) is 19.6 Å². The minimum Gasteiger partial charge on any atom is -0.385 e. The summed E-state index contributed by atoms with van der Waals surface area (Å²) in [6.45, 7) is 3.95. The number of hydrogen-bond acceptors (Lipinski definition) is 3. The maximum atomic E-state index is 5.02. The van der Waals surface area contributed by atoms with Crippen molar-refractivity contribution >= 4 is 27.3 Å². The van der Waals surface area contributed by atoms with E-state index in [1.54, 1.807) is 18.4 Å². The normalized spacial score (nSPS) is 13.1. The summed E-state index contributed by atoms with van der Waals surface area (Å²) >= 11 is 5.22. The molecule has 1 aromatic rings. The van der Waals surface area contributed by atoms with Crippen molar-refractivity contribution in [2.45, 2.75) is 25.9 Å². The standard InChI is InChI=1S/C10H16BrNOS/c1-8(3-4-13-2)12-6-10-5-9(11)7-14-10/h5,7-8,12H,3-4,6H2,1-2H3. The van der Waals surface area contributed by atoms with E-state index in [1.165, 1.54) is 9.35 Å². The van der Waals surface area contributed by atoms with Crippen LogP contribution in [0.1, 0.15) is 18.2 Å². The van der Waals surface area contributed by atoms with Gasteiger partial charge in [0.2, 0.25) is 0 Å². The lowest BCUT2D eigenvalue weighted by atomic mass is 10.2. The van der Waals surface area contributed by atoms with Crippen LogP contribution in [0.2, 0.25) is 0 Å². The summed E-state index contributed by atoms with van der Waals surface area (Å²) in [4.78, 5) is 1.36. The molecule has 0 spiro atoms. The zero-order chi connectivity index (χ0) is 10.4. The van der Waals surface area contributed by atoms with Crippen molar-refractivity contribution in [3.63, 3.8) is 0 Å². The van der Waals surface area contributed by atoms with Crippen molar-refractivity contribution in [1.82, 2.24) is 5.32 Å². The predicted octanol–water partition coefficient (Wildman–Crippen LogP) is 3.03. The highest BCUT2D eigenvalue weighted by Crippen LogP contribution is 2.19. The summed E-state index contributed by atoms with van der Waals surface area (Å²) in [6.07, 6.45) is 1.06. The molecule has 0 fully saturated rings. The van der Waals surface area contributed by atoms with Crippen molar-refractivity contribution in [2.75, 3.05) is 13.7 Å². The zero-order valence-corrected chi connectivity index (χ0v) is 11.0. The molecule has 2 nitrogen and oxygen atoms in total. The van der Waals surface area contributed by atoms with Crippen LogP contribution in [0.15, 0.2) is 15.9 Å². The molecule has 1 unspecified atom stereocenters. The molecule has 0 aliphatic carbocycles. The summed E-state index contributed by atoms with van der Waals surface area (Å²) in [5, 5.41) is 5.56. The second kappa shape index (κ2) is 6.56. The fourth-order valence-corrected chi connectivity index (χ4v) is 2.52. The van der Waals surface area contributed by atoms with Crippen LogP contribution in [0.3, 0.4) is 0 Å². The van der Waals surface area contributed by atoms with Gasteiger partial charge in [-0.3, -0.25) is 0 Å². The van der Waals surface area contributed by atoms with Gasteiger partial charge in [0.05, 0.1) is 0 Å². The quantitative estimate of drug-likeness (QED) is 0.863. The van der Waals surface area contributed by atoms with Gasteiger partial charge in [0.1, 0.15) is 0 Å². The highest BCUT2D eigenvalue weighted by molar-refractivity contribution is 9.10. The monoisotopic (exact) mass is 277 g/mol. The third-order valence-electron chi connectivity index (χ3n) is 2.00. The molecular formula is C10H16BrNOS. The van der Waals surface area contributed by atoms with Gasteiger partial charge in [0, 0.05) is 41.0 Å². The highest BCUT2D eigenvalue weighted by Gasteiger charge is 2.02. The molecule has 0 amide bonds. The third-order valence-corrected chi connectivity index (χ3v) is 3.70. The molecule has 80 valence electrons. The molecule has 1 rings (SSSR count). The van der Waals surface area contributed by atoms with Crippen molar-refractivity contribution in [3.8, 4) is 0 Å². The van der Waals surface area contributed by atoms with E-state index in [-0.39, 0.29) is 0 Å². The highest BCUT2D eigenvalue weighted by atomic mass is 79.9. The Morgan fingerprint density at radius 1 is 1.64 bits per heavy atom. The minimum atomic E-state index is 0.510. The number of hydrogen-bond donors (Lipinski definition) is 1. The van der Waals surface area contributed by atoms with Gasteiger partial charge in [0.25, 0.3) is 0 Å². The molecule has 0 saturated heterocycles. The second-order valence-corrected chi connectivity index (χ2v) is 5.21. The van der Waals surface area contributed by atoms with Gasteiger partial charge < -0.3 is 10.1 Å². The predicted molar refractivity (Wildman–Crippen MR) is 64.8 cm³/mol. The van der Waals surface area contributed by atoms with Crippen molar-refractivity contribution in [2.24, 2.45) is 0 Å². The van der Waals surface area contributed by atoms with Crippen molar-refractivity contribution in [3.05, 3.63) is 20.8 Å². The molecule has 0 aliphatic heterocycles. The molecule has 0 bridgehead atoms. The first-order chi connectivity index (χ1) is 6.72. The van der Waals surface area contributed by atoms with Gasteiger partial charge in [-0.1, -0.05) is 0 Å². The first-order valence-corrected chi connectivity index (χ1v) is 6.35. The number of rotatable bonds is 6. The number of nitrogens with one attached hydrogen (secondary N) is 1. The van der Waals surface area contributed by atoms with Gasteiger partial charge in [-0.05, 0) is 35.3 Å². The van der Waals surface area contributed by atoms with Gasteiger partial charge in [0.15, 0.2) is 0 Å². The Kier molecular flexibility index (Phi) is 5.70. The lowest BCUT2D eigenvalue weighted by Crippen LogP contribution is -2.26. The van der Waals surface area contributed by atoms with Gasteiger partial charge in [-0.15, -0.1) is 11.3 Å². The smallest absolute Gasteiger partial charge is 0.0476 e. The van der Waals surface area contributed by atoms with Gasteiger partial charge in [-0.25, -0.2) is 0 Å². The van der Waals surface area contributed by atoms with Gasteiger partial charge >= 0.3 is 0 Å².